The Morgan fingerprint density at radius 3 is 2.11 bits per heavy atom. The predicted octanol–water partition coefficient (Wildman–Crippen LogP) is 5.82. The van der Waals surface area contributed by atoms with Crippen LogP contribution in [0.2, 0.25) is 6.32 Å². The molecular weight excluding hydrogens is 479 g/mol. The van der Waals surface area contributed by atoms with Crippen LogP contribution in [0.25, 0.3) is 5.57 Å². The van der Waals surface area contributed by atoms with E-state index in [1.165, 1.54) is 0 Å². The number of hydrogen-bond acceptors (Lipinski definition) is 5. The molecule has 2 aromatic carbocycles. The van der Waals surface area contributed by atoms with E-state index < -0.39 is 5.97 Å². The topological polar surface area (TPSA) is 74.2 Å². The molecule has 2 radical (unpaired) electrons. The van der Waals surface area contributed by atoms with Crippen molar-refractivity contribution in [2.75, 3.05) is 33.0 Å². The minimum absolute atomic E-state index is 0.0145. The van der Waals surface area contributed by atoms with Crippen LogP contribution in [0, 0.1) is 26.7 Å². The molecule has 6 nitrogen and oxygen atoms in total. The predicted molar refractivity (Wildman–Crippen MR) is 150 cm³/mol. The molecule has 0 unspecified atom stereocenters. The zero-order valence-electron chi connectivity index (χ0n) is 23.0. The number of carbonyl (C=O) groups is 1. The van der Waals surface area contributed by atoms with Crippen molar-refractivity contribution in [1.82, 2.24) is 0 Å². The number of aliphatic carboxylic acids is 1. The van der Waals surface area contributed by atoms with Crippen molar-refractivity contribution >= 4 is 19.4 Å². The van der Waals surface area contributed by atoms with Gasteiger partial charge >= 0.3 is 5.97 Å². The Morgan fingerprint density at radius 1 is 0.895 bits per heavy atom. The number of allylic oxidation sites excluding steroid dienone is 1. The molecule has 0 saturated heterocycles. The van der Waals surface area contributed by atoms with E-state index in [0.29, 0.717) is 51.7 Å². The molecule has 0 aliphatic heterocycles. The molecule has 0 bridgehead atoms. The van der Waals surface area contributed by atoms with Gasteiger partial charge in [0, 0.05) is 12.5 Å². The highest BCUT2D eigenvalue weighted by Crippen LogP contribution is 2.38. The molecule has 7 heteroatoms. The molecule has 1 N–H and O–H groups in total. The molecule has 204 valence electrons. The van der Waals surface area contributed by atoms with E-state index in [1.807, 2.05) is 63.2 Å². The molecule has 1 aliphatic carbocycles. The summed E-state index contributed by atoms with van der Waals surface area (Å²) in [5, 5.41) is 10.4. The maximum Gasteiger partial charge on any atom is 0.339 e. The molecule has 1 saturated carbocycles. The lowest BCUT2D eigenvalue weighted by molar-refractivity contribution is -0.130. The van der Waals surface area contributed by atoms with E-state index in [0.717, 1.165) is 53.5 Å². The second kappa shape index (κ2) is 15.7. The smallest absolute Gasteiger partial charge is 0.339 e. The van der Waals surface area contributed by atoms with Gasteiger partial charge in [0.25, 0.3) is 0 Å². The molecule has 1 fully saturated rings. The first-order valence-corrected chi connectivity index (χ1v) is 13.6. The number of carboxylic acid groups (broad SMARTS) is 1. The first-order valence-electron chi connectivity index (χ1n) is 13.6. The van der Waals surface area contributed by atoms with E-state index >= 15 is 0 Å². The van der Waals surface area contributed by atoms with E-state index in [9.17, 15) is 9.90 Å². The van der Waals surface area contributed by atoms with E-state index in [4.69, 9.17) is 26.8 Å². The zero-order valence-corrected chi connectivity index (χ0v) is 23.0. The number of benzene rings is 2. The summed E-state index contributed by atoms with van der Waals surface area (Å²) in [5.41, 5.74) is 5.07. The third-order valence-electron chi connectivity index (χ3n) is 6.88. The molecule has 0 atom stereocenters. The maximum absolute atomic E-state index is 12.7. The normalized spacial score (nSPS) is 18.2. The van der Waals surface area contributed by atoms with Gasteiger partial charge in [-0.05, 0) is 68.7 Å². The van der Waals surface area contributed by atoms with Crippen LogP contribution in [-0.2, 0) is 30.3 Å². The van der Waals surface area contributed by atoms with Crippen molar-refractivity contribution in [1.29, 1.82) is 0 Å². The van der Waals surface area contributed by atoms with E-state index in [2.05, 4.69) is 0 Å². The molecular formula is C31H41BO6. The number of rotatable bonds is 15. The monoisotopic (exact) mass is 520 g/mol. The highest BCUT2D eigenvalue weighted by molar-refractivity contribution is 6.17. The molecule has 0 aromatic heterocycles. The first-order chi connectivity index (χ1) is 18.4. The Labute approximate surface area is 228 Å². The van der Waals surface area contributed by atoms with Crippen LogP contribution >= 0.6 is 0 Å². The maximum atomic E-state index is 12.7. The van der Waals surface area contributed by atoms with E-state index in [-0.39, 0.29) is 17.6 Å². The van der Waals surface area contributed by atoms with Crippen LogP contribution in [0.3, 0.4) is 0 Å². The van der Waals surface area contributed by atoms with Crippen molar-refractivity contribution in [3.05, 3.63) is 76.0 Å². The van der Waals surface area contributed by atoms with Crippen LogP contribution in [0.1, 0.15) is 53.5 Å². The summed E-state index contributed by atoms with van der Waals surface area (Å²) in [6.45, 7) is 8.97. The summed E-state index contributed by atoms with van der Waals surface area (Å²) >= 11 is 0. The second-order valence-corrected chi connectivity index (χ2v) is 9.95. The van der Waals surface area contributed by atoms with Crippen molar-refractivity contribution in [2.45, 2.75) is 65.5 Å². The summed E-state index contributed by atoms with van der Waals surface area (Å²) in [4.78, 5) is 12.7. The van der Waals surface area contributed by atoms with Gasteiger partial charge in [0.1, 0.15) is 17.9 Å². The summed E-state index contributed by atoms with van der Waals surface area (Å²) in [5.74, 6) is -0.356. The fourth-order valence-corrected chi connectivity index (χ4v) is 5.21. The first kappa shape index (κ1) is 29.9. The molecule has 38 heavy (non-hydrogen) atoms. The lowest BCUT2D eigenvalue weighted by Gasteiger charge is -2.31. The van der Waals surface area contributed by atoms with Crippen LogP contribution in [0.4, 0.5) is 0 Å². The van der Waals surface area contributed by atoms with Crippen molar-refractivity contribution in [3.63, 3.8) is 0 Å². The van der Waals surface area contributed by atoms with Gasteiger partial charge in [-0.1, -0.05) is 54.3 Å². The average molecular weight is 520 g/mol. The Hall–Kier alpha value is -2.61. The summed E-state index contributed by atoms with van der Waals surface area (Å²) < 4.78 is 23.3. The highest BCUT2D eigenvalue weighted by atomic mass is 16.5. The van der Waals surface area contributed by atoms with Crippen molar-refractivity contribution in [3.8, 4) is 0 Å². The van der Waals surface area contributed by atoms with Crippen LogP contribution < -0.4 is 0 Å². The summed E-state index contributed by atoms with van der Waals surface area (Å²) in [6.07, 6.45) is 3.96. The third kappa shape index (κ3) is 9.00. The summed E-state index contributed by atoms with van der Waals surface area (Å²) in [7, 11) is 5.40. The zero-order chi connectivity index (χ0) is 27.3. The van der Waals surface area contributed by atoms with Crippen molar-refractivity contribution in [2.24, 2.45) is 5.92 Å². The Bertz CT molecular complexity index is 1020. The van der Waals surface area contributed by atoms with Crippen LogP contribution in [-0.4, -0.2) is 58.1 Å². The summed E-state index contributed by atoms with van der Waals surface area (Å²) in [6, 6.07) is 14.0. The van der Waals surface area contributed by atoms with Gasteiger partial charge in [0.2, 0.25) is 0 Å². The van der Waals surface area contributed by atoms with Crippen LogP contribution in [0.5, 0.6) is 0 Å². The quantitative estimate of drug-likeness (QED) is 0.138. The van der Waals surface area contributed by atoms with Gasteiger partial charge in [0.15, 0.2) is 0 Å². The number of aryl methyl sites for hydroxylation is 3. The standard InChI is InChI=1S/C31H41BO6/c1-22-19-23(2)28(24(3)20-22)29(31(33)34)30(38-21-25-7-5-4-6-8-25)26-9-11-27(12-10-26)37-18-17-36-16-15-35-14-13-32/h4-8,19-20,26-27H,9-18,21H2,1-3H3,(H,33,34)/b30-29+. The minimum Gasteiger partial charge on any atom is -0.492 e. The largest absolute Gasteiger partial charge is 0.492 e. The van der Waals surface area contributed by atoms with Gasteiger partial charge in [-0.25, -0.2) is 4.79 Å². The van der Waals surface area contributed by atoms with Crippen molar-refractivity contribution < 1.29 is 28.8 Å². The van der Waals surface area contributed by atoms with Gasteiger partial charge in [-0.3, -0.25) is 0 Å². The Morgan fingerprint density at radius 2 is 1.50 bits per heavy atom. The average Bonchev–Trinajstić information content (AvgIpc) is 2.90. The third-order valence-corrected chi connectivity index (χ3v) is 6.88. The number of ether oxygens (including phenoxy) is 4. The van der Waals surface area contributed by atoms with E-state index in [1.54, 1.807) is 0 Å². The minimum atomic E-state index is -0.950. The fourth-order valence-electron chi connectivity index (χ4n) is 5.21. The Balaban J connectivity index is 1.71. The molecule has 1 aliphatic rings. The molecule has 0 heterocycles. The van der Waals surface area contributed by atoms with Gasteiger partial charge in [-0.2, -0.15) is 0 Å². The molecule has 0 amide bonds. The SMILES string of the molecule is [B]CCOCCOCCOC1CCC(/C(OCc2ccccc2)=C(\C(=O)O)c2c(C)cc(C)cc2C)CC1. The van der Waals surface area contributed by atoms with Crippen LogP contribution in [0.15, 0.2) is 48.2 Å². The molecule has 3 rings (SSSR count). The number of carboxylic acids is 1. The highest BCUT2D eigenvalue weighted by Gasteiger charge is 2.31. The lowest BCUT2D eigenvalue weighted by Crippen LogP contribution is -2.26. The Kier molecular flexibility index (Phi) is 12.4. The molecule has 0 spiro atoms. The number of hydrogen-bond donors (Lipinski definition) is 1. The van der Waals surface area contributed by atoms with Gasteiger partial charge in [0.05, 0.1) is 40.4 Å². The van der Waals surface area contributed by atoms with Gasteiger partial charge < -0.3 is 24.1 Å². The van der Waals surface area contributed by atoms with Gasteiger partial charge in [-0.15, -0.1) is 0 Å². The second-order valence-electron chi connectivity index (χ2n) is 9.95. The lowest BCUT2D eigenvalue weighted by atomic mass is 9.82. The fraction of sp³-hybridized carbons (Fsp3) is 0.516. The molecule has 2 aromatic rings.